The first-order valence-corrected chi connectivity index (χ1v) is 12.8. The molecule has 4 aromatic rings. The summed E-state index contributed by atoms with van der Waals surface area (Å²) in [7, 11) is 0. The highest BCUT2D eigenvalue weighted by Gasteiger charge is 2.46. The van der Waals surface area contributed by atoms with Gasteiger partial charge in [0.1, 0.15) is 23.5 Å². The second-order valence-corrected chi connectivity index (χ2v) is 9.58. The van der Waals surface area contributed by atoms with E-state index in [1.807, 2.05) is 0 Å². The lowest BCUT2D eigenvalue weighted by atomic mass is 9.79. The van der Waals surface area contributed by atoms with E-state index in [0.717, 1.165) is 0 Å². The van der Waals surface area contributed by atoms with Gasteiger partial charge in [0.2, 0.25) is 11.8 Å². The Morgan fingerprint density at radius 3 is 2.54 bits per heavy atom. The fourth-order valence-electron chi connectivity index (χ4n) is 4.89. The van der Waals surface area contributed by atoms with E-state index in [1.54, 1.807) is 31.2 Å². The van der Waals surface area contributed by atoms with Gasteiger partial charge in [-0.15, -0.1) is 0 Å². The van der Waals surface area contributed by atoms with Crippen molar-refractivity contribution in [2.45, 2.75) is 38.2 Å². The number of rotatable bonds is 9. The highest BCUT2D eigenvalue weighted by molar-refractivity contribution is 5.85. The summed E-state index contributed by atoms with van der Waals surface area (Å²) in [5.41, 5.74) is 6.99. The Hall–Kier alpha value is -4.58. The lowest BCUT2D eigenvalue weighted by Gasteiger charge is -2.23. The number of aromatic nitrogens is 4. The van der Waals surface area contributed by atoms with Gasteiger partial charge in [-0.05, 0) is 67.4 Å². The molecule has 1 aromatic carbocycles. The third-order valence-corrected chi connectivity index (χ3v) is 6.84. The summed E-state index contributed by atoms with van der Waals surface area (Å²) in [5.74, 6) is -1.08. The van der Waals surface area contributed by atoms with Crippen molar-refractivity contribution < 1.29 is 32.5 Å². The van der Waals surface area contributed by atoms with E-state index in [-0.39, 0.29) is 49.3 Å². The molecule has 0 amide bonds. The van der Waals surface area contributed by atoms with E-state index in [9.17, 15) is 23.1 Å². The minimum atomic E-state index is -2.83. The van der Waals surface area contributed by atoms with Crippen LogP contribution in [0.1, 0.15) is 42.0 Å². The number of hydrogen-bond acceptors (Lipinski definition) is 9. The summed E-state index contributed by atoms with van der Waals surface area (Å²) >= 11 is 0. The average Bonchev–Trinajstić information content (AvgIpc) is 3.32. The van der Waals surface area contributed by atoms with Crippen LogP contribution in [0.15, 0.2) is 54.6 Å². The largest absolute Gasteiger partial charge is 0.471 e. The molecule has 5 rings (SSSR count). The van der Waals surface area contributed by atoms with Crippen molar-refractivity contribution in [1.29, 1.82) is 0 Å². The normalized spacial score (nSPS) is 16.7. The minimum Gasteiger partial charge on any atom is -0.471 e. The molecule has 3 aromatic heterocycles. The van der Waals surface area contributed by atoms with Crippen molar-refractivity contribution in [2.24, 2.45) is 0 Å². The van der Waals surface area contributed by atoms with Crippen LogP contribution in [0.3, 0.4) is 0 Å². The highest BCUT2D eigenvalue weighted by Crippen LogP contribution is 2.40. The highest BCUT2D eigenvalue weighted by atomic mass is 19.3. The van der Waals surface area contributed by atoms with Crippen molar-refractivity contribution in [3.8, 4) is 28.3 Å². The molecule has 1 fully saturated rings. The van der Waals surface area contributed by atoms with E-state index < -0.39 is 29.3 Å². The Morgan fingerprint density at radius 2 is 1.85 bits per heavy atom. The number of aliphatic hydroxyl groups is 1. The Bertz CT molecular complexity index is 1590. The van der Waals surface area contributed by atoms with Gasteiger partial charge in [-0.3, -0.25) is 14.8 Å². The van der Waals surface area contributed by atoms with Crippen LogP contribution in [0.25, 0.3) is 22.4 Å². The molecule has 212 valence electrons. The van der Waals surface area contributed by atoms with Crippen LogP contribution in [0, 0.1) is 12.7 Å². The van der Waals surface area contributed by atoms with Gasteiger partial charge in [-0.2, -0.15) is 4.98 Å². The summed E-state index contributed by atoms with van der Waals surface area (Å²) in [6.45, 7) is 1.45. The maximum atomic E-state index is 13.7. The van der Waals surface area contributed by atoms with Crippen LogP contribution in [0.2, 0.25) is 0 Å². The number of aryl methyl sites for hydroxylation is 1. The Kier molecular flexibility index (Phi) is 7.84. The number of nitrogens with two attached hydrogens (primary N) is 1. The molecule has 0 aliphatic carbocycles. The third-order valence-electron chi connectivity index (χ3n) is 6.84. The predicted octanol–water partition coefficient (Wildman–Crippen LogP) is 4.71. The smallest absolute Gasteiger partial charge is 0.318 e. The molecule has 1 aliphatic heterocycles. The molecule has 0 bridgehead atoms. The van der Waals surface area contributed by atoms with Crippen LogP contribution in [-0.4, -0.2) is 44.2 Å². The maximum absolute atomic E-state index is 13.7. The van der Waals surface area contributed by atoms with Crippen LogP contribution < -0.4 is 10.5 Å². The third kappa shape index (κ3) is 5.68. The summed E-state index contributed by atoms with van der Waals surface area (Å²) in [6, 6.07) is 13.4. The minimum absolute atomic E-state index is 0.0137. The molecule has 1 unspecified atom stereocenters. The number of carbonyl (C=O) groups is 1. The number of nitrogens with zero attached hydrogens (tertiary/aromatic N) is 4. The number of alkyl halides is 2. The molecular weight excluding hydrogens is 539 g/mol. The van der Waals surface area contributed by atoms with Gasteiger partial charge in [0.25, 0.3) is 6.43 Å². The zero-order valence-corrected chi connectivity index (χ0v) is 22.0. The second kappa shape index (κ2) is 11.5. The molecule has 1 atom stereocenters. The van der Waals surface area contributed by atoms with Gasteiger partial charge in [0.05, 0.1) is 29.3 Å². The first kappa shape index (κ1) is 28.0. The van der Waals surface area contributed by atoms with Gasteiger partial charge in [-0.25, -0.2) is 18.2 Å². The Morgan fingerprint density at radius 1 is 1.07 bits per heavy atom. The van der Waals surface area contributed by atoms with Crippen LogP contribution in [0.5, 0.6) is 5.88 Å². The summed E-state index contributed by atoms with van der Waals surface area (Å²) in [6.07, 6.45) is -2.29. The molecule has 1 saturated heterocycles. The molecule has 0 radical (unpaired) electrons. The van der Waals surface area contributed by atoms with E-state index in [2.05, 4.69) is 19.9 Å². The fraction of sp³-hybridized carbons (Fsp3) is 0.276. The van der Waals surface area contributed by atoms with Gasteiger partial charge < -0.3 is 20.3 Å². The van der Waals surface area contributed by atoms with E-state index in [0.29, 0.717) is 34.6 Å². The van der Waals surface area contributed by atoms with Gasteiger partial charge in [0.15, 0.2) is 0 Å². The van der Waals surface area contributed by atoms with Gasteiger partial charge in [0, 0.05) is 24.3 Å². The topological polar surface area (TPSA) is 133 Å². The van der Waals surface area contributed by atoms with Crippen molar-refractivity contribution in [3.63, 3.8) is 0 Å². The average molecular weight is 566 g/mol. The molecule has 0 spiro atoms. The fourth-order valence-corrected chi connectivity index (χ4v) is 4.89. The number of pyridine rings is 2. The number of anilines is 1. The molecule has 12 heteroatoms. The number of cyclic esters (lactones) is 1. The van der Waals surface area contributed by atoms with E-state index in [1.165, 1.54) is 30.3 Å². The number of hydrogen-bond donors (Lipinski definition) is 2. The lowest BCUT2D eigenvalue weighted by molar-refractivity contribution is -0.143. The number of ether oxygens (including phenoxy) is 2. The quantitative estimate of drug-likeness (QED) is 0.277. The van der Waals surface area contributed by atoms with E-state index in [4.69, 9.17) is 15.2 Å². The molecule has 41 heavy (non-hydrogen) atoms. The van der Waals surface area contributed by atoms with Crippen LogP contribution in [-0.2, 0) is 21.6 Å². The second-order valence-electron chi connectivity index (χ2n) is 9.58. The van der Waals surface area contributed by atoms with Crippen molar-refractivity contribution >= 4 is 11.9 Å². The maximum Gasteiger partial charge on any atom is 0.318 e. The summed E-state index contributed by atoms with van der Waals surface area (Å²) in [5, 5.41) is 9.61. The summed E-state index contributed by atoms with van der Waals surface area (Å²) in [4.78, 5) is 29.7. The first-order chi connectivity index (χ1) is 19.7. The van der Waals surface area contributed by atoms with Gasteiger partial charge in [-0.1, -0.05) is 6.07 Å². The van der Waals surface area contributed by atoms with Crippen molar-refractivity contribution in [3.05, 3.63) is 83.2 Å². The molecule has 4 heterocycles. The van der Waals surface area contributed by atoms with E-state index >= 15 is 0 Å². The van der Waals surface area contributed by atoms with Crippen LogP contribution >= 0.6 is 0 Å². The zero-order chi connectivity index (χ0) is 29.1. The number of aliphatic hydroxyl groups excluding tert-OH is 1. The zero-order valence-electron chi connectivity index (χ0n) is 22.0. The number of nitrogen functional groups attached to an aromatic ring is 1. The monoisotopic (exact) mass is 565 g/mol. The number of carbonyl (C=O) groups excluding carboxylic acids is 1. The summed E-state index contributed by atoms with van der Waals surface area (Å²) < 4.78 is 52.3. The predicted molar refractivity (Wildman–Crippen MR) is 142 cm³/mol. The molecule has 9 nitrogen and oxygen atoms in total. The SMILES string of the molecule is Cc1cc(-c2c(OCc3cccc(C4(CCO)CCOC4=O)n3)nc(N)nc2-c2ccc(F)cc2)cc(C(F)F)n1. The number of halogens is 3. The molecule has 1 aliphatic rings. The lowest BCUT2D eigenvalue weighted by Crippen LogP contribution is -2.34. The van der Waals surface area contributed by atoms with Gasteiger partial charge >= 0.3 is 5.97 Å². The standard InChI is InChI=1S/C29H26F3N5O4/c1-16-13-18(14-21(34-16)25(31)32)23-24(17-5-7-19(30)8-6-17)36-28(33)37-26(23)41-15-20-3-2-4-22(35-20)29(9-11-38)10-12-40-27(29)39/h2-8,13-14,25,38H,9-12,15H2,1H3,(H2,33,36,37). The van der Waals surface area contributed by atoms with Crippen LogP contribution in [0.4, 0.5) is 19.1 Å². The number of benzene rings is 1. The first-order valence-electron chi connectivity index (χ1n) is 12.8. The van der Waals surface area contributed by atoms with Crippen molar-refractivity contribution in [2.75, 3.05) is 18.9 Å². The Labute approximate surface area is 233 Å². The number of esters is 1. The molecule has 0 saturated carbocycles. The van der Waals surface area contributed by atoms with Crippen molar-refractivity contribution in [1.82, 2.24) is 19.9 Å². The molecule has 3 N–H and O–H groups in total. The molecular formula is C29H26F3N5O4. The Balaban J connectivity index is 1.58.